The summed E-state index contributed by atoms with van der Waals surface area (Å²) in [4.78, 5) is 23.8. The van der Waals surface area contributed by atoms with E-state index in [1.54, 1.807) is 19.1 Å². The van der Waals surface area contributed by atoms with Crippen LogP contribution in [0.2, 0.25) is 0 Å². The number of ether oxygens (including phenoxy) is 1. The zero-order chi connectivity index (χ0) is 11.9. The molecule has 0 saturated heterocycles. The maximum atomic E-state index is 12.1. The number of fused-ring (bicyclic) bond motifs is 1. The number of hydrogen-bond acceptors (Lipinski definition) is 3. The highest BCUT2D eigenvalue weighted by Gasteiger charge is 2.48. The van der Waals surface area contributed by atoms with Crippen molar-refractivity contribution in [1.29, 1.82) is 0 Å². The van der Waals surface area contributed by atoms with E-state index in [9.17, 15) is 9.59 Å². The van der Waals surface area contributed by atoms with E-state index in [0.29, 0.717) is 12.0 Å². The molecule has 4 heteroatoms. The first-order chi connectivity index (χ1) is 7.49. The van der Waals surface area contributed by atoms with Gasteiger partial charge in [0.1, 0.15) is 5.41 Å². The number of halogens is 1. The Morgan fingerprint density at radius 3 is 2.81 bits per heavy atom. The zero-order valence-electron chi connectivity index (χ0n) is 9.04. The van der Waals surface area contributed by atoms with E-state index >= 15 is 0 Å². The molecule has 0 heterocycles. The van der Waals surface area contributed by atoms with Crippen molar-refractivity contribution in [3.63, 3.8) is 0 Å². The van der Waals surface area contributed by atoms with Crippen molar-refractivity contribution >= 4 is 27.7 Å². The second kappa shape index (κ2) is 3.70. The Bertz CT molecular complexity index is 481. The molecule has 1 aromatic carbocycles. The highest BCUT2D eigenvalue weighted by atomic mass is 79.9. The average molecular weight is 283 g/mol. The van der Waals surface area contributed by atoms with E-state index in [2.05, 4.69) is 15.9 Å². The lowest BCUT2D eigenvalue weighted by atomic mass is 9.86. The van der Waals surface area contributed by atoms with Crippen molar-refractivity contribution in [2.45, 2.75) is 13.3 Å². The van der Waals surface area contributed by atoms with Gasteiger partial charge in [-0.25, -0.2) is 0 Å². The minimum atomic E-state index is -1.06. The Balaban J connectivity index is 2.48. The van der Waals surface area contributed by atoms with Crippen LogP contribution in [0.25, 0.3) is 0 Å². The van der Waals surface area contributed by atoms with Crippen LogP contribution in [0, 0.1) is 5.41 Å². The van der Waals surface area contributed by atoms with E-state index in [0.717, 1.165) is 10.0 Å². The number of methoxy groups -OCH3 is 1. The van der Waals surface area contributed by atoms with Crippen molar-refractivity contribution in [3.05, 3.63) is 33.8 Å². The van der Waals surface area contributed by atoms with Crippen LogP contribution in [-0.2, 0) is 16.0 Å². The molecule has 16 heavy (non-hydrogen) atoms. The summed E-state index contributed by atoms with van der Waals surface area (Å²) in [6.45, 7) is 1.63. The number of benzene rings is 1. The van der Waals surface area contributed by atoms with Crippen molar-refractivity contribution in [2.75, 3.05) is 7.11 Å². The summed E-state index contributed by atoms with van der Waals surface area (Å²) in [5.74, 6) is -0.619. The van der Waals surface area contributed by atoms with E-state index in [-0.39, 0.29) is 5.78 Å². The Morgan fingerprint density at radius 2 is 2.19 bits per heavy atom. The molecule has 0 spiro atoms. The van der Waals surface area contributed by atoms with E-state index in [1.165, 1.54) is 7.11 Å². The lowest BCUT2D eigenvalue weighted by Gasteiger charge is -2.17. The van der Waals surface area contributed by atoms with Gasteiger partial charge in [-0.2, -0.15) is 0 Å². The number of rotatable bonds is 1. The van der Waals surface area contributed by atoms with Crippen LogP contribution in [0.15, 0.2) is 22.7 Å². The molecule has 0 radical (unpaired) electrons. The fourth-order valence-corrected chi connectivity index (χ4v) is 2.49. The topological polar surface area (TPSA) is 43.4 Å². The predicted molar refractivity (Wildman–Crippen MR) is 62.3 cm³/mol. The Kier molecular flexibility index (Phi) is 2.62. The third-order valence-electron chi connectivity index (χ3n) is 2.99. The van der Waals surface area contributed by atoms with Gasteiger partial charge in [-0.1, -0.05) is 15.9 Å². The minimum absolute atomic E-state index is 0.151. The van der Waals surface area contributed by atoms with Gasteiger partial charge in [-0.15, -0.1) is 0 Å². The number of carbonyl (C=O) groups is 2. The SMILES string of the molecule is COC(=O)C1(C)Cc2cc(Br)ccc2C1=O. The number of esters is 1. The zero-order valence-corrected chi connectivity index (χ0v) is 10.6. The van der Waals surface area contributed by atoms with Crippen LogP contribution in [0.5, 0.6) is 0 Å². The molecule has 1 atom stereocenters. The van der Waals surface area contributed by atoms with Gasteiger partial charge in [0.2, 0.25) is 0 Å². The van der Waals surface area contributed by atoms with Crippen LogP contribution in [-0.4, -0.2) is 18.9 Å². The van der Waals surface area contributed by atoms with Gasteiger partial charge in [-0.3, -0.25) is 9.59 Å². The molecule has 2 rings (SSSR count). The van der Waals surface area contributed by atoms with Gasteiger partial charge in [0.25, 0.3) is 0 Å². The maximum Gasteiger partial charge on any atom is 0.319 e. The molecule has 0 fully saturated rings. The summed E-state index contributed by atoms with van der Waals surface area (Å²) in [6.07, 6.45) is 0.410. The Labute approximate surface area is 102 Å². The van der Waals surface area contributed by atoms with Crippen LogP contribution in [0.3, 0.4) is 0 Å². The maximum absolute atomic E-state index is 12.1. The molecule has 0 aliphatic heterocycles. The number of ketones is 1. The molecule has 0 bridgehead atoms. The lowest BCUT2D eigenvalue weighted by molar-refractivity contribution is -0.148. The number of Topliss-reactive ketones (excluding diaryl/α,β-unsaturated/α-hetero) is 1. The molecule has 1 unspecified atom stereocenters. The van der Waals surface area contributed by atoms with Gasteiger partial charge < -0.3 is 4.74 Å². The molecule has 84 valence electrons. The average Bonchev–Trinajstić information content (AvgIpc) is 2.51. The molecule has 1 aromatic rings. The lowest BCUT2D eigenvalue weighted by Crippen LogP contribution is -2.34. The summed E-state index contributed by atoms with van der Waals surface area (Å²) >= 11 is 3.35. The van der Waals surface area contributed by atoms with Gasteiger partial charge in [0.15, 0.2) is 5.78 Å². The van der Waals surface area contributed by atoms with Crippen molar-refractivity contribution in [3.8, 4) is 0 Å². The van der Waals surface area contributed by atoms with Crippen molar-refractivity contribution in [2.24, 2.45) is 5.41 Å². The second-order valence-corrected chi connectivity index (χ2v) is 5.05. The molecule has 0 amide bonds. The molecule has 0 saturated carbocycles. The minimum Gasteiger partial charge on any atom is -0.468 e. The number of hydrogen-bond donors (Lipinski definition) is 0. The summed E-state index contributed by atoms with van der Waals surface area (Å²) in [5, 5.41) is 0. The summed E-state index contributed by atoms with van der Waals surface area (Å²) in [7, 11) is 1.31. The van der Waals surface area contributed by atoms with Crippen molar-refractivity contribution < 1.29 is 14.3 Å². The van der Waals surface area contributed by atoms with Gasteiger partial charge in [0, 0.05) is 10.0 Å². The van der Waals surface area contributed by atoms with Gasteiger partial charge in [-0.05, 0) is 37.1 Å². The number of carbonyl (C=O) groups excluding carboxylic acids is 2. The fourth-order valence-electron chi connectivity index (χ4n) is 2.08. The summed E-state index contributed by atoms with van der Waals surface area (Å²) in [6, 6.07) is 5.43. The predicted octanol–water partition coefficient (Wildman–Crippen LogP) is 2.37. The molecule has 1 aliphatic carbocycles. The van der Waals surface area contributed by atoms with E-state index in [4.69, 9.17) is 4.74 Å². The third kappa shape index (κ3) is 1.48. The van der Waals surface area contributed by atoms with Gasteiger partial charge >= 0.3 is 5.97 Å². The fraction of sp³-hybridized carbons (Fsp3) is 0.333. The largest absolute Gasteiger partial charge is 0.468 e. The first kappa shape index (κ1) is 11.3. The molecule has 1 aliphatic rings. The molecular formula is C12H11BrO3. The van der Waals surface area contributed by atoms with E-state index in [1.807, 2.05) is 6.07 Å². The van der Waals surface area contributed by atoms with Crippen LogP contribution < -0.4 is 0 Å². The first-order valence-electron chi connectivity index (χ1n) is 4.90. The summed E-state index contributed by atoms with van der Waals surface area (Å²) in [5.41, 5.74) is 0.459. The second-order valence-electron chi connectivity index (χ2n) is 4.13. The van der Waals surface area contributed by atoms with Crippen LogP contribution >= 0.6 is 15.9 Å². The quantitative estimate of drug-likeness (QED) is 0.587. The first-order valence-corrected chi connectivity index (χ1v) is 5.70. The highest BCUT2D eigenvalue weighted by molar-refractivity contribution is 9.10. The third-order valence-corrected chi connectivity index (χ3v) is 3.49. The summed E-state index contributed by atoms with van der Waals surface area (Å²) < 4.78 is 5.61. The normalized spacial score (nSPS) is 23.1. The molecule has 0 aromatic heterocycles. The van der Waals surface area contributed by atoms with Crippen molar-refractivity contribution in [1.82, 2.24) is 0 Å². The Morgan fingerprint density at radius 1 is 1.50 bits per heavy atom. The molecular weight excluding hydrogens is 272 g/mol. The van der Waals surface area contributed by atoms with E-state index < -0.39 is 11.4 Å². The molecule has 0 N–H and O–H groups in total. The van der Waals surface area contributed by atoms with Crippen LogP contribution in [0.4, 0.5) is 0 Å². The standard InChI is InChI=1S/C12H11BrO3/c1-12(11(15)16-2)6-7-5-8(13)3-4-9(7)10(12)14/h3-5H,6H2,1-2H3. The van der Waals surface area contributed by atoms with Gasteiger partial charge in [0.05, 0.1) is 7.11 Å². The highest BCUT2D eigenvalue weighted by Crippen LogP contribution is 2.38. The molecule has 3 nitrogen and oxygen atoms in total. The monoisotopic (exact) mass is 282 g/mol. The smallest absolute Gasteiger partial charge is 0.319 e. The van der Waals surface area contributed by atoms with Crippen LogP contribution in [0.1, 0.15) is 22.8 Å². The Hall–Kier alpha value is -1.16.